The minimum absolute atomic E-state index is 0. The number of carbonyl (C=O) groups is 1. The highest BCUT2D eigenvalue weighted by atomic mass is 35.5. The Morgan fingerprint density at radius 2 is 1.82 bits per heavy atom. The summed E-state index contributed by atoms with van der Waals surface area (Å²) in [6.45, 7) is 3.37. The zero-order valence-corrected chi connectivity index (χ0v) is 10.8. The molecule has 2 rings (SSSR count). The molecule has 0 amide bonds. The molecule has 1 fully saturated rings. The van der Waals surface area contributed by atoms with E-state index in [0.29, 0.717) is 5.56 Å². The Kier molecular flexibility index (Phi) is 5.45. The number of methoxy groups -OCH3 is 1. The van der Waals surface area contributed by atoms with Crippen LogP contribution in [0.3, 0.4) is 0 Å². The molecule has 0 saturated carbocycles. The molecule has 0 aliphatic carbocycles. The van der Waals surface area contributed by atoms with Crippen LogP contribution < -0.4 is 0 Å². The molecule has 0 bridgehead atoms. The van der Waals surface area contributed by atoms with Gasteiger partial charge in [-0.15, -0.1) is 12.4 Å². The van der Waals surface area contributed by atoms with Crippen molar-refractivity contribution >= 4 is 18.4 Å². The number of hydrogen-bond acceptors (Lipinski definition) is 3. The third-order valence-electron chi connectivity index (χ3n) is 2.98. The molecule has 1 aliphatic heterocycles. The number of likely N-dealkylation sites (tertiary alicyclic amines) is 1. The minimum Gasteiger partial charge on any atom is -0.465 e. The van der Waals surface area contributed by atoms with Crippen LogP contribution in [0.2, 0.25) is 0 Å². The van der Waals surface area contributed by atoms with E-state index in [-0.39, 0.29) is 18.4 Å². The molecule has 3 nitrogen and oxygen atoms in total. The Labute approximate surface area is 108 Å². The molecule has 0 unspecified atom stereocenters. The van der Waals surface area contributed by atoms with Crippen molar-refractivity contribution in [2.24, 2.45) is 0 Å². The van der Waals surface area contributed by atoms with Crippen LogP contribution in [0, 0.1) is 0 Å². The fourth-order valence-electron chi connectivity index (χ4n) is 2.06. The molecule has 94 valence electrons. The lowest BCUT2D eigenvalue weighted by atomic mass is 10.1. The first-order chi connectivity index (χ1) is 7.79. The Bertz CT molecular complexity index is 358. The maximum absolute atomic E-state index is 11.2. The van der Waals surface area contributed by atoms with Crippen molar-refractivity contribution in [3.8, 4) is 0 Å². The third-order valence-corrected chi connectivity index (χ3v) is 2.98. The second kappa shape index (κ2) is 6.62. The molecule has 17 heavy (non-hydrogen) atoms. The van der Waals surface area contributed by atoms with E-state index in [1.54, 1.807) is 0 Å². The van der Waals surface area contributed by atoms with E-state index in [2.05, 4.69) is 9.64 Å². The van der Waals surface area contributed by atoms with Gasteiger partial charge >= 0.3 is 5.97 Å². The van der Waals surface area contributed by atoms with Crippen molar-refractivity contribution < 1.29 is 9.53 Å². The molecule has 0 spiro atoms. The summed E-state index contributed by atoms with van der Waals surface area (Å²) in [4.78, 5) is 13.7. The smallest absolute Gasteiger partial charge is 0.337 e. The molecule has 1 aliphatic rings. The van der Waals surface area contributed by atoms with Gasteiger partial charge in [-0.25, -0.2) is 4.79 Å². The van der Waals surface area contributed by atoms with Crippen LogP contribution in [0.25, 0.3) is 0 Å². The maximum Gasteiger partial charge on any atom is 0.337 e. The summed E-state index contributed by atoms with van der Waals surface area (Å²) in [5, 5.41) is 0. The zero-order chi connectivity index (χ0) is 11.4. The number of rotatable bonds is 3. The summed E-state index contributed by atoms with van der Waals surface area (Å²) < 4.78 is 4.66. The van der Waals surface area contributed by atoms with Gasteiger partial charge in [0.05, 0.1) is 12.7 Å². The lowest BCUT2D eigenvalue weighted by molar-refractivity contribution is 0.0600. The summed E-state index contributed by atoms with van der Waals surface area (Å²) in [6, 6.07) is 7.67. The normalized spacial score (nSPS) is 15.4. The van der Waals surface area contributed by atoms with Gasteiger partial charge in [0.15, 0.2) is 0 Å². The van der Waals surface area contributed by atoms with Gasteiger partial charge < -0.3 is 4.74 Å². The highest BCUT2D eigenvalue weighted by Gasteiger charge is 2.12. The molecule has 1 aromatic carbocycles. The molecule has 1 aromatic rings. The second-order valence-electron chi connectivity index (χ2n) is 4.17. The van der Waals surface area contributed by atoms with Crippen LogP contribution in [-0.2, 0) is 11.3 Å². The lowest BCUT2D eigenvalue weighted by Gasteiger charge is -2.14. The van der Waals surface area contributed by atoms with Crippen molar-refractivity contribution in [2.45, 2.75) is 19.4 Å². The molecule has 0 aromatic heterocycles. The number of hydrogen-bond donors (Lipinski definition) is 0. The predicted molar refractivity (Wildman–Crippen MR) is 69.5 cm³/mol. The van der Waals surface area contributed by atoms with E-state index in [1.165, 1.54) is 38.6 Å². The number of esters is 1. The summed E-state index contributed by atoms with van der Waals surface area (Å²) >= 11 is 0. The predicted octanol–water partition coefficient (Wildman–Crippen LogP) is 2.49. The quantitative estimate of drug-likeness (QED) is 0.778. The van der Waals surface area contributed by atoms with E-state index in [0.717, 1.165) is 6.54 Å². The van der Waals surface area contributed by atoms with Crippen LogP contribution in [0.4, 0.5) is 0 Å². The summed E-state index contributed by atoms with van der Waals surface area (Å²) in [6.07, 6.45) is 2.61. The first-order valence-electron chi connectivity index (χ1n) is 5.69. The van der Waals surface area contributed by atoms with Gasteiger partial charge in [0.1, 0.15) is 0 Å². The van der Waals surface area contributed by atoms with E-state index >= 15 is 0 Å². The monoisotopic (exact) mass is 255 g/mol. The third kappa shape index (κ3) is 3.72. The lowest BCUT2D eigenvalue weighted by Crippen LogP contribution is -2.18. The largest absolute Gasteiger partial charge is 0.465 e. The van der Waals surface area contributed by atoms with E-state index in [9.17, 15) is 4.79 Å². The molecule has 0 radical (unpaired) electrons. The van der Waals surface area contributed by atoms with Crippen LogP contribution >= 0.6 is 12.4 Å². The Morgan fingerprint density at radius 3 is 2.35 bits per heavy atom. The second-order valence-corrected chi connectivity index (χ2v) is 4.17. The van der Waals surface area contributed by atoms with Gasteiger partial charge in [-0.05, 0) is 43.6 Å². The number of halogens is 1. The van der Waals surface area contributed by atoms with Crippen LogP contribution in [0.15, 0.2) is 24.3 Å². The molecular weight excluding hydrogens is 238 g/mol. The number of nitrogens with zero attached hydrogens (tertiary/aromatic N) is 1. The molecular formula is C13H18ClNO2. The molecule has 1 saturated heterocycles. The molecule has 1 heterocycles. The highest BCUT2D eigenvalue weighted by Crippen LogP contribution is 2.13. The first-order valence-corrected chi connectivity index (χ1v) is 5.69. The molecule has 0 atom stereocenters. The number of carbonyl (C=O) groups excluding carboxylic acids is 1. The van der Waals surface area contributed by atoms with Gasteiger partial charge in [0.25, 0.3) is 0 Å². The fraction of sp³-hybridized carbons (Fsp3) is 0.462. The molecule has 4 heteroatoms. The highest BCUT2D eigenvalue weighted by molar-refractivity contribution is 5.89. The Morgan fingerprint density at radius 1 is 1.24 bits per heavy atom. The Hall–Kier alpha value is -1.06. The standard InChI is InChI=1S/C13H17NO2.ClH/c1-16-13(15)12-6-4-11(5-7-12)10-14-8-2-3-9-14;/h4-7H,2-3,8-10H2,1H3;1H. The van der Waals surface area contributed by atoms with Gasteiger partial charge in [-0.1, -0.05) is 12.1 Å². The van der Waals surface area contributed by atoms with Gasteiger partial charge in [0, 0.05) is 6.54 Å². The van der Waals surface area contributed by atoms with Crippen molar-refractivity contribution in [3.05, 3.63) is 35.4 Å². The van der Waals surface area contributed by atoms with E-state index < -0.39 is 0 Å². The fourth-order valence-corrected chi connectivity index (χ4v) is 2.06. The van der Waals surface area contributed by atoms with Crippen LogP contribution in [0.5, 0.6) is 0 Å². The average Bonchev–Trinajstić information content (AvgIpc) is 2.82. The summed E-state index contributed by atoms with van der Waals surface area (Å²) in [7, 11) is 1.40. The maximum atomic E-state index is 11.2. The van der Waals surface area contributed by atoms with Crippen molar-refractivity contribution in [3.63, 3.8) is 0 Å². The SMILES string of the molecule is COC(=O)c1ccc(CN2CCCC2)cc1.Cl. The van der Waals surface area contributed by atoms with Crippen molar-refractivity contribution in [2.75, 3.05) is 20.2 Å². The summed E-state index contributed by atoms with van der Waals surface area (Å²) in [5.74, 6) is -0.271. The zero-order valence-electron chi connectivity index (χ0n) is 10.0. The Balaban J connectivity index is 0.00000144. The van der Waals surface area contributed by atoms with Gasteiger partial charge in [-0.2, -0.15) is 0 Å². The van der Waals surface area contributed by atoms with Gasteiger partial charge in [0.2, 0.25) is 0 Å². The minimum atomic E-state index is -0.271. The van der Waals surface area contributed by atoms with E-state index in [4.69, 9.17) is 0 Å². The first kappa shape index (κ1) is 14.0. The van der Waals surface area contributed by atoms with Gasteiger partial charge in [-0.3, -0.25) is 4.90 Å². The van der Waals surface area contributed by atoms with Crippen LogP contribution in [0.1, 0.15) is 28.8 Å². The van der Waals surface area contributed by atoms with E-state index in [1.807, 2.05) is 24.3 Å². The van der Waals surface area contributed by atoms with Crippen molar-refractivity contribution in [1.29, 1.82) is 0 Å². The van der Waals surface area contributed by atoms with Crippen LogP contribution in [-0.4, -0.2) is 31.1 Å². The topological polar surface area (TPSA) is 29.5 Å². The number of benzene rings is 1. The average molecular weight is 256 g/mol. The summed E-state index contributed by atoms with van der Waals surface area (Å²) in [5.41, 5.74) is 1.88. The number of ether oxygens (including phenoxy) is 1. The van der Waals surface area contributed by atoms with Crippen molar-refractivity contribution in [1.82, 2.24) is 4.90 Å². The molecule has 0 N–H and O–H groups in total.